The van der Waals surface area contributed by atoms with Gasteiger partial charge in [0.1, 0.15) is 23.1 Å². The Morgan fingerprint density at radius 2 is 2.17 bits per heavy atom. The highest BCUT2D eigenvalue weighted by Crippen LogP contribution is 2.39. The largest absolute Gasteiger partial charge is 0.496 e. The number of nitriles is 1. The number of rotatable bonds is 2. The van der Waals surface area contributed by atoms with Crippen LogP contribution in [0.2, 0.25) is 5.02 Å². The molecular weight excluding hydrogens is 252 g/mol. The average molecular weight is 263 g/mol. The van der Waals surface area contributed by atoms with Gasteiger partial charge >= 0.3 is 0 Å². The molecule has 1 aromatic heterocycles. The third kappa shape index (κ3) is 1.89. The minimum absolute atomic E-state index is 0.104. The van der Waals surface area contributed by atoms with Gasteiger partial charge in [0.2, 0.25) is 5.88 Å². The third-order valence-electron chi connectivity index (χ3n) is 2.65. The fourth-order valence-corrected chi connectivity index (χ4v) is 2.05. The average Bonchev–Trinajstić information content (AvgIpc) is 2.63. The molecular formula is C13H11ClN2O2. The standard InChI is InChI=1S/C13H11ClN2O2/c1-7-12(10(6-15)13(16)18-7)9-5-8(14)3-4-11(9)17-2/h3-5H,16H2,1-2H3. The first kappa shape index (κ1) is 12.3. The molecule has 92 valence electrons. The van der Waals surface area contributed by atoms with Gasteiger partial charge in [0, 0.05) is 16.1 Å². The van der Waals surface area contributed by atoms with Gasteiger partial charge in [-0.05, 0) is 25.1 Å². The van der Waals surface area contributed by atoms with Gasteiger partial charge in [-0.15, -0.1) is 0 Å². The Morgan fingerprint density at radius 1 is 1.44 bits per heavy atom. The third-order valence-corrected chi connectivity index (χ3v) is 2.89. The SMILES string of the molecule is COc1ccc(Cl)cc1-c1c(C)oc(N)c1C#N. The molecule has 1 heterocycles. The summed E-state index contributed by atoms with van der Waals surface area (Å²) in [5, 5.41) is 9.69. The number of furan rings is 1. The summed E-state index contributed by atoms with van der Waals surface area (Å²) in [7, 11) is 1.55. The van der Waals surface area contributed by atoms with Crippen LogP contribution in [0, 0.1) is 18.3 Å². The maximum Gasteiger partial charge on any atom is 0.209 e. The zero-order chi connectivity index (χ0) is 13.3. The first-order chi connectivity index (χ1) is 8.58. The molecule has 2 aromatic rings. The number of aryl methyl sites for hydroxylation is 1. The van der Waals surface area contributed by atoms with Crippen LogP contribution < -0.4 is 10.5 Å². The van der Waals surface area contributed by atoms with Gasteiger partial charge in [-0.25, -0.2) is 0 Å². The second-order valence-electron chi connectivity index (χ2n) is 3.73. The molecule has 0 amide bonds. The van der Waals surface area contributed by atoms with Crippen molar-refractivity contribution in [2.24, 2.45) is 0 Å². The summed E-state index contributed by atoms with van der Waals surface area (Å²) < 4.78 is 10.6. The molecule has 0 saturated carbocycles. The van der Waals surface area contributed by atoms with Crippen LogP contribution in [0.5, 0.6) is 5.75 Å². The Balaban J connectivity index is 2.77. The number of anilines is 1. The number of nitrogens with two attached hydrogens (primary N) is 1. The van der Waals surface area contributed by atoms with E-state index in [2.05, 4.69) is 0 Å². The topological polar surface area (TPSA) is 72.2 Å². The molecule has 0 radical (unpaired) electrons. The minimum Gasteiger partial charge on any atom is -0.496 e. The molecule has 2 rings (SSSR count). The number of methoxy groups -OCH3 is 1. The number of benzene rings is 1. The molecule has 2 N–H and O–H groups in total. The Bertz CT molecular complexity index is 641. The number of hydrogen-bond donors (Lipinski definition) is 1. The first-order valence-electron chi connectivity index (χ1n) is 5.21. The summed E-state index contributed by atoms with van der Waals surface area (Å²) in [5.74, 6) is 1.27. The van der Waals surface area contributed by atoms with Gasteiger partial charge in [0.05, 0.1) is 7.11 Å². The van der Waals surface area contributed by atoms with E-state index in [-0.39, 0.29) is 5.88 Å². The van der Waals surface area contributed by atoms with E-state index in [1.165, 1.54) is 0 Å². The Kier molecular flexibility index (Phi) is 3.17. The van der Waals surface area contributed by atoms with Crippen molar-refractivity contribution in [2.45, 2.75) is 6.92 Å². The lowest BCUT2D eigenvalue weighted by Crippen LogP contribution is -1.91. The zero-order valence-electron chi connectivity index (χ0n) is 9.95. The summed E-state index contributed by atoms with van der Waals surface area (Å²) >= 11 is 5.98. The molecule has 0 fully saturated rings. The molecule has 1 aromatic carbocycles. The fourth-order valence-electron chi connectivity index (χ4n) is 1.88. The predicted octanol–water partition coefficient (Wildman–Crippen LogP) is 3.37. The van der Waals surface area contributed by atoms with Crippen molar-refractivity contribution in [3.63, 3.8) is 0 Å². The van der Waals surface area contributed by atoms with E-state index in [9.17, 15) is 0 Å². The maximum absolute atomic E-state index is 9.14. The smallest absolute Gasteiger partial charge is 0.209 e. The van der Waals surface area contributed by atoms with Gasteiger partial charge < -0.3 is 14.9 Å². The highest BCUT2D eigenvalue weighted by Gasteiger charge is 2.20. The van der Waals surface area contributed by atoms with Gasteiger partial charge in [-0.2, -0.15) is 5.26 Å². The molecule has 0 aliphatic carbocycles. The van der Waals surface area contributed by atoms with Crippen molar-refractivity contribution in [3.8, 4) is 22.9 Å². The maximum atomic E-state index is 9.14. The lowest BCUT2D eigenvalue weighted by molar-refractivity contribution is 0.416. The van der Waals surface area contributed by atoms with E-state index >= 15 is 0 Å². The van der Waals surface area contributed by atoms with Gasteiger partial charge in [-0.3, -0.25) is 0 Å². The van der Waals surface area contributed by atoms with Crippen LogP contribution in [0.3, 0.4) is 0 Å². The highest BCUT2D eigenvalue weighted by atomic mass is 35.5. The summed E-state index contributed by atoms with van der Waals surface area (Å²) in [4.78, 5) is 0. The van der Waals surface area contributed by atoms with Crippen LogP contribution in [0.1, 0.15) is 11.3 Å². The lowest BCUT2D eigenvalue weighted by atomic mass is 10.0. The van der Waals surface area contributed by atoms with E-state index < -0.39 is 0 Å². The molecule has 0 bridgehead atoms. The summed E-state index contributed by atoms with van der Waals surface area (Å²) in [5.41, 5.74) is 7.27. The van der Waals surface area contributed by atoms with E-state index in [1.807, 2.05) is 6.07 Å². The van der Waals surface area contributed by atoms with Crippen LogP contribution >= 0.6 is 11.6 Å². The molecule has 18 heavy (non-hydrogen) atoms. The molecule has 0 aliphatic heterocycles. The van der Waals surface area contributed by atoms with E-state index in [0.29, 0.717) is 33.2 Å². The predicted molar refractivity (Wildman–Crippen MR) is 69.6 cm³/mol. The van der Waals surface area contributed by atoms with E-state index in [4.69, 9.17) is 31.8 Å². The Hall–Kier alpha value is -2.12. The van der Waals surface area contributed by atoms with Crippen molar-refractivity contribution in [1.29, 1.82) is 5.26 Å². The van der Waals surface area contributed by atoms with Crippen LogP contribution in [-0.2, 0) is 0 Å². The first-order valence-corrected chi connectivity index (χ1v) is 5.59. The van der Waals surface area contributed by atoms with Crippen LogP contribution in [-0.4, -0.2) is 7.11 Å². The van der Waals surface area contributed by atoms with Crippen LogP contribution in [0.15, 0.2) is 22.6 Å². The number of nitrogens with zero attached hydrogens (tertiary/aromatic N) is 1. The molecule has 0 aliphatic rings. The van der Waals surface area contributed by atoms with Crippen LogP contribution in [0.25, 0.3) is 11.1 Å². The zero-order valence-corrected chi connectivity index (χ0v) is 10.7. The lowest BCUT2D eigenvalue weighted by Gasteiger charge is -2.08. The Labute approximate surface area is 110 Å². The van der Waals surface area contributed by atoms with E-state index in [1.54, 1.807) is 32.2 Å². The van der Waals surface area contributed by atoms with Crippen molar-refractivity contribution in [1.82, 2.24) is 0 Å². The molecule has 5 heteroatoms. The van der Waals surface area contributed by atoms with Gasteiger partial charge in [0.15, 0.2) is 0 Å². The number of nitrogen functional groups attached to an aromatic ring is 1. The van der Waals surface area contributed by atoms with Crippen molar-refractivity contribution >= 4 is 17.5 Å². The summed E-state index contributed by atoms with van der Waals surface area (Å²) in [6, 6.07) is 7.21. The van der Waals surface area contributed by atoms with E-state index in [0.717, 1.165) is 0 Å². The number of ether oxygens (including phenoxy) is 1. The van der Waals surface area contributed by atoms with Crippen LogP contribution in [0.4, 0.5) is 5.88 Å². The normalized spacial score (nSPS) is 10.1. The molecule has 4 nitrogen and oxygen atoms in total. The highest BCUT2D eigenvalue weighted by molar-refractivity contribution is 6.31. The molecule has 0 unspecified atom stereocenters. The summed E-state index contributed by atoms with van der Waals surface area (Å²) in [6.45, 7) is 1.74. The summed E-state index contributed by atoms with van der Waals surface area (Å²) in [6.07, 6.45) is 0. The molecule has 0 atom stereocenters. The van der Waals surface area contributed by atoms with Crippen molar-refractivity contribution in [3.05, 3.63) is 34.5 Å². The van der Waals surface area contributed by atoms with Crippen molar-refractivity contribution in [2.75, 3.05) is 12.8 Å². The minimum atomic E-state index is 0.104. The fraction of sp³-hybridized carbons (Fsp3) is 0.154. The molecule has 0 spiro atoms. The van der Waals surface area contributed by atoms with Gasteiger partial charge in [-0.1, -0.05) is 11.6 Å². The van der Waals surface area contributed by atoms with Crippen molar-refractivity contribution < 1.29 is 9.15 Å². The monoisotopic (exact) mass is 262 g/mol. The van der Waals surface area contributed by atoms with Gasteiger partial charge in [0.25, 0.3) is 0 Å². The Morgan fingerprint density at radius 3 is 2.78 bits per heavy atom. The number of hydrogen-bond acceptors (Lipinski definition) is 4. The molecule has 0 saturated heterocycles. The second kappa shape index (κ2) is 4.63. The quantitative estimate of drug-likeness (QED) is 0.901. The number of halogens is 1. The second-order valence-corrected chi connectivity index (χ2v) is 4.17.